The summed E-state index contributed by atoms with van der Waals surface area (Å²) in [7, 11) is 3.15. The third kappa shape index (κ3) is 3.86. The predicted octanol–water partition coefficient (Wildman–Crippen LogP) is 4.24. The largest absolute Gasteiger partial charge is 0.497 e. The van der Waals surface area contributed by atoms with Crippen molar-refractivity contribution in [3.05, 3.63) is 65.4 Å². The molecule has 1 aliphatic heterocycles. The number of rotatable bonds is 8. The number of anilines is 3. The molecule has 2 amide bonds. The van der Waals surface area contributed by atoms with E-state index in [1.165, 1.54) is 20.0 Å². The lowest BCUT2D eigenvalue weighted by Crippen LogP contribution is -2.26. The summed E-state index contributed by atoms with van der Waals surface area (Å²) in [6.07, 6.45) is 3.07. The molecular weight excluding hydrogens is 496 g/mol. The van der Waals surface area contributed by atoms with Crippen LogP contribution < -0.4 is 25.4 Å². The molecule has 2 fully saturated rings. The number of aromatic amines is 1. The number of pyridine rings is 1. The van der Waals surface area contributed by atoms with Gasteiger partial charge in [-0.25, -0.2) is 4.98 Å². The van der Waals surface area contributed by atoms with Gasteiger partial charge in [-0.2, -0.15) is 5.10 Å². The van der Waals surface area contributed by atoms with E-state index in [0.717, 1.165) is 39.9 Å². The average molecular weight is 525 g/mol. The summed E-state index contributed by atoms with van der Waals surface area (Å²) in [6, 6.07) is 15.3. The van der Waals surface area contributed by atoms with Gasteiger partial charge in [-0.05, 0) is 78.8 Å². The summed E-state index contributed by atoms with van der Waals surface area (Å²) in [5.41, 5.74) is 4.11. The molecule has 1 spiro atoms. The standard InChI is InChI=1S/C29H28N6O4/c1-38-17-6-8-21-19(12-17)29(28(37)33-21)13-20(29)16-5-7-18-24(11-16)34-35-25(18)31-23-10-9-22(32-27(23)39-2)26(36)30-14-15-3-4-15/h5-12,15,20H,3-4,13-14H2,1-2H3,(H,30,36)(H,33,37)(H2,31,34,35)/t20-,29-/m0/s1. The van der Waals surface area contributed by atoms with Gasteiger partial charge in [0.1, 0.15) is 17.1 Å². The fourth-order valence-corrected chi connectivity index (χ4v) is 5.64. The number of H-pyrrole nitrogens is 1. The fraction of sp³-hybridized carbons (Fsp3) is 0.310. The maximum atomic E-state index is 13.0. The molecule has 7 rings (SSSR count). The van der Waals surface area contributed by atoms with Crippen LogP contribution in [0.5, 0.6) is 11.6 Å². The Kier molecular flexibility index (Phi) is 5.26. The van der Waals surface area contributed by atoms with Crippen LogP contribution >= 0.6 is 0 Å². The smallest absolute Gasteiger partial charge is 0.270 e. The van der Waals surface area contributed by atoms with E-state index in [0.29, 0.717) is 35.5 Å². The number of nitrogens with one attached hydrogen (secondary N) is 4. The zero-order valence-electron chi connectivity index (χ0n) is 21.6. The van der Waals surface area contributed by atoms with Crippen molar-refractivity contribution < 1.29 is 19.1 Å². The van der Waals surface area contributed by atoms with Crippen LogP contribution in [0, 0.1) is 5.92 Å². The monoisotopic (exact) mass is 524 g/mol. The Morgan fingerprint density at radius 1 is 1.10 bits per heavy atom. The van der Waals surface area contributed by atoms with Crippen LogP contribution in [0.25, 0.3) is 10.9 Å². The van der Waals surface area contributed by atoms with Gasteiger partial charge in [-0.3, -0.25) is 14.7 Å². The number of hydrogen-bond acceptors (Lipinski definition) is 7. The number of carbonyl (C=O) groups is 2. The molecule has 3 heterocycles. The van der Waals surface area contributed by atoms with Crippen molar-refractivity contribution in [1.82, 2.24) is 20.5 Å². The van der Waals surface area contributed by atoms with Gasteiger partial charge in [0.25, 0.3) is 5.91 Å². The van der Waals surface area contributed by atoms with Crippen molar-refractivity contribution in [2.75, 3.05) is 31.4 Å². The number of nitrogens with zero attached hydrogens (tertiary/aromatic N) is 2. The van der Waals surface area contributed by atoms with Gasteiger partial charge >= 0.3 is 0 Å². The first-order valence-corrected chi connectivity index (χ1v) is 13.1. The fourth-order valence-electron chi connectivity index (χ4n) is 5.64. The summed E-state index contributed by atoms with van der Waals surface area (Å²) in [5.74, 6) is 2.14. The van der Waals surface area contributed by atoms with E-state index in [9.17, 15) is 9.59 Å². The zero-order chi connectivity index (χ0) is 26.7. The first-order valence-electron chi connectivity index (χ1n) is 13.1. The molecule has 2 aromatic carbocycles. The first kappa shape index (κ1) is 23.5. The molecule has 39 heavy (non-hydrogen) atoms. The maximum absolute atomic E-state index is 13.0. The minimum absolute atomic E-state index is 0.0343. The van der Waals surface area contributed by atoms with Gasteiger partial charge in [-0.1, -0.05) is 6.07 Å². The first-order chi connectivity index (χ1) is 19.0. The number of hydrogen-bond donors (Lipinski definition) is 4. The van der Waals surface area contributed by atoms with Crippen LogP contribution in [0.4, 0.5) is 17.2 Å². The molecule has 3 aliphatic rings. The third-order valence-electron chi connectivity index (χ3n) is 8.10. The highest BCUT2D eigenvalue weighted by molar-refractivity contribution is 6.10. The minimum Gasteiger partial charge on any atom is -0.497 e. The second-order valence-electron chi connectivity index (χ2n) is 10.5. The van der Waals surface area contributed by atoms with Crippen LogP contribution in [0.15, 0.2) is 48.5 Å². The second-order valence-corrected chi connectivity index (χ2v) is 10.5. The van der Waals surface area contributed by atoms with Gasteiger partial charge in [0.05, 0.1) is 25.2 Å². The SMILES string of the molecule is COc1ccc2c(c1)[C@]1(C[C@H]1c1ccc3c(Nc4ccc(C(=O)NCC5CC5)nc4OC)n[nH]c3c1)C(=O)N2. The molecule has 4 aromatic rings. The van der Waals surface area contributed by atoms with Crippen molar-refractivity contribution in [2.45, 2.75) is 30.6 Å². The van der Waals surface area contributed by atoms with E-state index >= 15 is 0 Å². The van der Waals surface area contributed by atoms with Gasteiger partial charge in [0.2, 0.25) is 11.8 Å². The molecule has 10 heteroatoms. The van der Waals surface area contributed by atoms with Crippen molar-refractivity contribution in [3.8, 4) is 11.6 Å². The number of methoxy groups -OCH3 is 2. The van der Waals surface area contributed by atoms with E-state index in [1.807, 2.05) is 24.3 Å². The number of benzene rings is 2. The van der Waals surface area contributed by atoms with E-state index in [-0.39, 0.29) is 17.7 Å². The lowest BCUT2D eigenvalue weighted by atomic mass is 9.91. The topological polar surface area (TPSA) is 130 Å². The number of amides is 2. The molecule has 0 saturated heterocycles. The summed E-state index contributed by atoms with van der Waals surface area (Å²) in [5, 5.41) is 17.7. The normalized spacial score (nSPS) is 21.0. The Balaban J connectivity index is 1.12. The molecule has 0 bridgehead atoms. The Morgan fingerprint density at radius 3 is 2.77 bits per heavy atom. The zero-order valence-corrected chi connectivity index (χ0v) is 21.6. The number of carbonyl (C=O) groups excluding carboxylic acids is 2. The Bertz CT molecular complexity index is 1640. The molecule has 0 radical (unpaired) electrons. The van der Waals surface area contributed by atoms with Gasteiger partial charge < -0.3 is 25.4 Å². The lowest BCUT2D eigenvalue weighted by Gasteiger charge is -2.11. The summed E-state index contributed by atoms with van der Waals surface area (Å²) in [4.78, 5) is 29.9. The van der Waals surface area contributed by atoms with Crippen LogP contribution in [0.2, 0.25) is 0 Å². The van der Waals surface area contributed by atoms with Gasteiger partial charge in [0.15, 0.2) is 5.82 Å². The molecule has 10 nitrogen and oxygen atoms in total. The highest BCUT2D eigenvalue weighted by Gasteiger charge is 2.65. The van der Waals surface area contributed by atoms with Crippen LogP contribution in [-0.4, -0.2) is 47.8 Å². The number of aromatic nitrogens is 3. The minimum atomic E-state index is -0.565. The molecular formula is C29H28N6O4. The maximum Gasteiger partial charge on any atom is 0.270 e. The van der Waals surface area contributed by atoms with Crippen molar-refractivity contribution in [1.29, 1.82) is 0 Å². The highest BCUT2D eigenvalue weighted by atomic mass is 16.5. The molecule has 2 aromatic heterocycles. The Hall–Kier alpha value is -4.60. The summed E-state index contributed by atoms with van der Waals surface area (Å²) in [6.45, 7) is 0.678. The Labute approximate surface area is 224 Å². The number of ether oxygens (including phenoxy) is 2. The average Bonchev–Trinajstić information content (AvgIpc) is 3.87. The molecule has 198 valence electrons. The molecule has 2 atom stereocenters. The molecule has 2 aliphatic carbocycles. The van der Waals surface area contributed by atoms with Crippen LogP contribution in [-0.2, 0) is 10.2 Å². The van der Waals surface area contributed by atoms with Crippen LogP contribution in [0.3, 0.4) is 0 Å². The summed E-state index contributed by atoms with van der Waals surface area (Å²) < 4.78 is 10.9. The Morgan fingerprint density at radius 2 is 1.97 bits per heavy atom. The van der Waals surface area contributed by atoms with Gasteiger partial charge in [-0.15, -0.1) is 0 Å². The molecule has 0 unspecified atom stereocenters. The second kappa shape index (κ2) is 8.72. The molecule has 4 N–H and O–H groups in total. The van der Waals surface area contributed by atoms with E-state index in [2.05, 4.69) is 43.3 Å². The van der Waals surface area contributed by atoms with Crippen molar-refractivity contribution in [3.63, 3.8) is 0 Å². The number of fused-ring (bicyclic) bond motifs is 3. The predicted molar refractivity (Wildman–Crippen MR) is 146 cm³/mol. The molecule has 2 saturated carbocycles. The van der Waals surface area contributed by atoms with Gasteiger partial charge in [0, 0.05) is 23.5 Å². The quantitative estimate of drug-likeness (QED) is 0.271. The van der Waals surface area contributed by atoms with E-state index < -0.39 is 5.41 Å². The summed E-state index contributed by atoms with van der Waals surface area (Å²) >= 11 is 0. The van der Waals surface area contributed by atoms with E-state index in [1.54, 1.807) is 19.2 Å². The highest BCUT2D eigenvalue weighted by Crippen LogP contribution is 2.65. The van der Waals surface area contributed by atoms with Crippen molar-refractivity contribution in [2.24, 2.45) is 5.92 Å². The van der Waals surface area contributed by atoms with E-state index in [4.69, 9.17) is 9.47 Å². The lowest BCUT2D eigenvalue weighted by molar-refractivity contribution is -0.118. The third-order valence-corrected chi connectivity index (χ3v) is 8.10. The van der Waals surface area contributed by atoms with Crippen molar-refractivity contribution >= 4 is 39.9 Å². The van der Waals surface area contributed by atoms with Crippen LogP contribution in [0.1, 0.15) is 46.8 Å².